The lowest BCUT2D eigenvalue weighted by atomic mass is 9.88. The Bertz CT molecular complexity index is 807. The number of hydrogen-bond acceptors (Lipinski definition) is 3. The van der Waals surface area contributed by atoms with Gasteiger partial charge in [-0.3, -0.25) is 9.69 Å². The molecule has 1 fully saturated rings. The number of halogens is 1. The number of nitrogens with one attached hydrogen (secondary N) is 1. The molecule has 25 heavy (non-hydrogen) atoms. The maximum absolute atomic E-state index is 12.8. The van der Waals surface area contributed by atoms with Gasteiger partial charge in [-0.25, -0.2) is 4.79 Å². The first-order valence-electron chi connectivity index (χ1n) is 8.00. The van der Waals surface area contributed by atoms with Gasteiger partial charge in [0.1, 0.15) is 17.9 Å². The van der Waals surface area contributed by atoms with Crippen LogP contribution >= 0.6 is 11.6 Å². The van der Waals surface area contributed by atoms with Gasteiger partial charge in [-0.05, 0) is 49.2 Å². The number of carbonyl (C=O) groups excluding carboxylic acids is 2. The molecule has 3 amide bonds. The smallest absolute Gasteiger partial charge is 0.325 e. The van der Waals surface area contributed by atoms with Crippen molar-refractivity contribution in [1.82, 2.24) is 10.2 Å². The van der Waals surface area contributed by atoms with Crippen LogP contribution in [0, 0.1) is 6.92 Å². The number of aryl methyl sites for hydroxylation is 1. The molecule has 0 bridgehead atoms. The van der Waals surface area contributed by atoms with Crippen LogP contribution in [0.2, 0.25) is 5.02 Å². The van der Waals surface area contributed by atoms with Gasteiger partial charge in [0.15, 0.2) is 0 Å². The van der Waals surface area contributed by atoms with E-state index in [1.165, 1.54) is 4.90 Å². The van der Waals surface area contributed by atoms with E-state index in [-0.39, 0.29) is 19.1 Å². The average Bonchev–Trinajstić information content (AvgIpc) is 2.81. The predicted octanol–water partition coefficient (Wildman–Crippen LogP) is 3.49. The van der Waals surface area contributed by atoms with E-state index in [1.54, 1.807) is 31.2 Å². The molecule has 0 aromatic heterocycles. The van der Waals surface area contributed by atoms with Crippen LogP contribution in [-0.2, 0) is 10.3 Å². The van der Waals surface area contributed by atoms with Gasteiger partial charge in [0.2, 0.25) is 0 Å². The van der Waals surface area contributed by atoms with Crippen molar-refractivity contribution in [2.75, 3.05) is 13.2 Å². The Balaban J connectivity index is 1.69. The minimum absolute atomic E-state index is 0.175. The third-order valence-electron chi connectivity index (χ3n) is 4.36. The zero-order chi connectivity index (χ0) is 18.0. The molecule has 2 aromatic carbocycles. The van der Waals surface area contributed by atoms with E-state index in [2.05, 4.69) is 5.32 Å². The largest absolute Gasteiger partial charge is 0.492 e. The number of imide groups is 1. The van der Waals surface area contributed by atoms with Crippen LogP contribution < -0.4 is 10.1 Å². The molecule has 1 aliphatic rings. The molecule has 1 aliphatic heterocycles. The zero-order valence-electron chi connectivity index (χ0n) is 14.1. The highest BCUT2D eigenvalue weighted by molar-refractivity contribution is 6.30. The predicted molar refractivity (Wildman–Crippen MR) is 95.7 cm³/mol. The summed E-state index contributed by atoms with van der Waals surface area (Å²) in [5.41, 5.74) is 0.704. The van der Waals surface area contributed by atoms with Crippen molar-refractivity contribution in [1.29, 1.82) is 0 Å². The van der Waals surface area contributed by atoms with Gasteiger partial charge in [-0.15, -0.1) is 0 Å². The highest BCUT2D eigenvalue weighted by Gasteiger charge is 2.49. The normalized spacial score (nSPS) is 19.9. The first kappa shape index (κ1) is 17.3. The van der Waals surface area contributed by atoms with Crippen molar-refractivity contribution >= 4 is 23.5 Å². The second-order valence-corrected chi connectivity index (χ2v) is 6.57. The molecule has 1 saturated heterocycles. The number of urea groups is 1. The van der Waals surface area contributed by atoms with Gasteiger partial charge in [-0.1, -0.05) is 35.9 Å². The van der Waals surface area contributed by atoms with Crippen molar-refractivity contribution in [2.24, 2.45) is 0 Å². The third-order valence-corrected chi connectivity index (χ3v) is 4.61. The second-order valence-electron chi connectivity index (χ2n) is 6.13. The fourth-order valence-corrected chi connectivity index (χ4v) is 3.13. The van der Waals surface area contributed by atoms with Gasteiger partial charge in [0, 0.05) is 5.02 Å². The Morgan fingerprint density at radius 3 is 2.48 bits per heavy atom. The minimum Gasteiger partial charge on any atom is -0.492 e. The standard InChI is InChI=1S/C19H19ClN2O3/c1-13-5-3-4-6-16(13)19(2)17(23)22(18(24)21-19)11-12-25-15-9-7-14(20)8-10-15/h3-10H,11-12H2,1-2H3,(H,21,24). The molecule has 1 atom stereocenters. The molecule has 130 valence electrons. The highest BCUT2D eigenvalue weighted by atomic mass is 35.5. The first-order valence-corrected chi connectivity index (χ1v) is 8.38. The first-order chi connectivity index (χ1) is 11.9. The quantitative estimate of drug-likeness (QED) is 0.832. The van der Waals surface area contributed by atoms with Gasteiger partial charge in [0.25, 0.3) is 5.91 Å². The lowest BCUT2D eigenvalue weighted by Gasteiger charge is -2.24. The van der Waals surface area contributed by atoms with Crippen LogP contribution in [0.4, 0.5) is 4.79 Å². The second kappa shape index (κ2) is 6.76. The van der Waals surface area contributed by atoms with Crippen LogP contribution in [0.3, 0.4) is 0 Å². The number of nitrogens with zero attached hydrogens (tertiary/aromatic N) is 1. The molecular weight excluding hydrogens is 340 g/mol. The Hall–Kier alpha value is -2.53. The number of ether oxygens (including phenoxy) is 1. The molecule has 6 heteroatoms. The third kappa shape index (κ3) is 3.33. The molecule has 0 spiro atoms. The summed E-state index contributed by atoms with van der Waals surface area (Å²) in [7, 11) is 0. The van der Waals surface area contributed by atoms with Crippen molar-refractivity contribution in [2.45, 2.75) is 19.4 Å². The molecule has 0 aliphatic carbocycles. The maximum Gasteiger partial charge on any atom is 0.325 e. The van der Waals surface area contributed by atoms with E-state index in [0.29, 0.717) is 10.8 Å². The van der Waals surface area contributed by atoms with E-state index in [0.717, 1.165) is 11.1 Å². The zero-order valence-corrected chi connectivity index (χ0v) is 14.8. The van der Waals surface area contributed by atoms with Crippen molar-refractivity contribution in [3.8, 4) is 5.75 Å². The molecule has 5 nitrogen and oxygen atoms in total. The van der Waals surface area contributed by atoms with E-state index < -0.39 is 11.6 Å². The molecule has 0 radical (unpaired) electrons. The lowest BCUT2D eigenvalue weighted by Crippen LogP contribution is -2.41. The highest BCUT2D eigenvalue weighted by Crippen LogP contribution is 2.30. The van der Waals surface area contributed by atoms with Gasteiger partial charge in [-0.2, -0.15) is 0 Å². The number of hydrogen-bond donors (Lipinski definition) is 1. The number of benzene rings is 2. The average molecular weight is 359 g/mol. The summed E-state index contributed by atoms with van der Waals surface area (Å²) >= 11 is 5.83. The summed E-state index contributed by atoms with van der Waals surface area (Å²) < 4.78 is 5.58. The molecule has 1 N–H and O–H groups in total. The topological polar surface area (TPSA) is 58.6 Å². The molecule has 3 rings (SSSR count). The summed E-state index contributed by atoms with van der Waals surface area (Å²) in [6.45, 7) is 4.04. The minimum atomic E-state index is -1.05. The Morgan fingerprint density at radius 1 is 1.12 bits per heavy atom. The summed E-state index contributed by atoms with van der Waals surface area (Å²) in [4.78, 5) is 26.3. The molecule has 1 unspecified atom stereocenters. The van der Waals surface area contributed by atoms with E-state index in [4.69, 9.17) is 16.3 Å². The number of amides is 3. The molecular formula is C19H19ClN2O3. The van der Waals surface area contributed by atoms with Gasteiger partial charge >= 0.3 is 6.03 Å². The van der Waals surface area contributed by atoms with Crippen LogP contribution in [0.1, 0.15) is 18.1 Å². The van der Waals surface area contributed by atoms with E-state index >= 15 is 0 Å². The Morgan fingerprint density at radius 2 is 1.80 bits per heavy atom. The lowest BCUT2D eigenvalue weighted by molar-refractivity contribution is -0.131. The monoisotopic (exact) mass is 358 g/mol. The van der Waals surface area contributed by atoms with E-state index in [9.17, 15) is 9.59 Å². The molecule has 2 aromatic rings. The molecule has 0 saturated carbocycles. The molecule has 1 heterocycles. The van der Waals surface area contributed by atoms with Gasteiger partial charge < -0.3 is 10.1 Å². The Labute approximate surface area is 151 Å². The maximum atomic E-state index is 12.8. The van der Waals surface area contributed by atoms with Crippen molar-refractivity contribution < 1.29 is 14.3 Å². The summed E-state index contributed by atoms with van der Waals surface area (Å²) in [6, 6.07) is 14.1. The summed E-state index contributed by atoms with van der Waals surface area (Å²) in [6.07, 6.45) is 0. The fourth-order valence-electron chi connectivity index (χ4n) is 3.00. The summed E-state index contributed by atoms with van der Waals surface area (Å²) in [5, 5.41) is 3.43. The van der Waals surface area contributed by atoms with Crippen molar-refractivity contribution in [3.63, 3.8) is 0 Å². The van der Waals surface area contributed by atoms with Gasteiger partial charge in [0.05, 0.1) is 6.54 Å². The SMILES string of the molecule is Cc1ccccc1C1(C)NC(=O)N(CCOc2ccc(Cl)cc2)C1=O. The van der Waals surface area contributed by atoms with Crippen LogP contribution in [0.5, 0.6) is 5.75 Å². The Kier molecular flexibility index (Phi) is 4.68. The number of carbonyl (C=O) groups is 2. The number of rotatable bonds is 5. The van der Waals surface area contributed by atoms with Crippen molar-refractivity contribution in [3.05, 3.63) is 64.7 Å². The van der Waals surface area contributed by atoms with Crippen LogP contribution in [0.25, 0.3) is 0 Å². The van der Waals surface area contributed by atoms with Crippen LogP contribution in [-0.4, -0.2) is 30.0 Å². The fraction of sp³-hybridized carbons (Fsp3) is 0.263. The van der Waals surface area contributed by atoms with Crippen LogP contribution in [0.15, 0.2) is 48.5 Å². The summed E-state index contributed by atoms with van der Waals surface area (Å²) in [5.74, 6) is 0.365. The van der Waals surface area contributed by atoms with E-state index in [1.807, 2.05) is 31.2 Å².